The summed E-state index contributed by atoms with van der Waals surface area (Å²) in [6, 6.07) is 6.65. The van der Waals surface area contributed by atoms with E-state index in [1.54, 1.807) is 24.3 Å². The first kappa shape index (κ1) is 20.2. The number of hydrogen-bond acceptors (Lipinski definition) is 3. The molecule has 1 amide bonds. The lowest BCUT2D eigenvalue weighted by Gasteiger charge is -2.46. The van der Waals surface area contributed by atoms with Crippen molar-refractivity contribution in [2.45, 2.75) is 62.3 Å². The molecule has 154 valence electrons. The molecule has 1 aliphatic carbocycles. The highest BCUT2D eigenvalue weighted by Gasteiger charge is 2.40. The van der Waals surface area contributed by atoms with E-state index in [1.807, 2.05) is 0 Å². The van der Waals surface area contributed by atoms with Gasteiger partial charge in [-0.05, 0) is 68.7 Å². The number of hydrogen-bond donors (Lipinski definition) is 0. The topological polar surface area (TPSA) is 57.7 Å². The number of fused-ring (bicyclic) bond motifs is 1. The normalized spacial score (nSPS) is 29.3. The van der Waals surface area contributed by atoms with Crippen LogP contribution in [0.5, 0.6) is 0 Å². The van der Waals surface area contributed by atoms with E-state index in [-0.39, 0.29) is 23.3 Å². The first-order valence-electron chi connectivity index (χ1n) is 10.5. The molecule has 28 heavy (non-hydrogen) atoms. The smallest absolute Gasteiger partial charge is 0.243 e. The first-order valence-corrected chi connectivity index (χ1v) is 12.3. The molecule has 0 bridgehead atoms. The quantitative estimate of drug-likeness (QED) is 0.738. The fraction of sp³-hybridized carbons (Fsp3) is 0.667. The highest BCUT2D eigenvalue weighted by atomic mass is 35.5. The minimum absolute atomic E-state index is 0.174. The molecule has 2 aliphatic heterocycles. The Morgan fingerprint density at radius 2 is 1.61 bits per heavy atom. The molecule has 4 rings (SSSR count). The summed E-state index contributed by atoms with van der Waals surface area (Å²) in [5.41, 5.74) is 0. The Kier molecular flexibility index (Phi) is 6.00. The van der Waals surface area contributed by atoms with Gasteiger partial charge in [0.05, 0.1) is 10.8 Å². The van der Waals surface area contributed by atoms with Crippen LogP contribution in [0.4, 0.5) is 0 Å². The van der Waals surface area contributed by atoms with Gasteiger partial charge in [-0.3, -0.25) is 4.79 Å². The number of amides is 1. The number of carbonyl (C=O) groups excluding carboxylic acids is 1. The van der Waals surface area contributed by atoms with E-state index in [9.17, 15) is 13.2 Å². The molecule has 0 aromatic heterocycles. The summed E-state index contributed by atoms with van der Waals surface area (Å²) in [6.07, 6.45) is 8.63. The van der Waals surface area contributed by atoms with E-state index in [1.165, 1.54) is 30.0 Å². The summed E-state index contributed by atoms with van der Waals surface area (Å²) < 4.78 is 27.5. The molecule has 0 radical (unpaired) electrons. The fourth-order valence-electron chi connectivity index (χ4n) is 5.25. The predicted molar refractivity (Wildman–Crippen MR) is 110 cm³/mol. The number of sulfonamides is 1. The average Bonchev–Trinajstić information content (AvgIpc) is 2.73. The van der Waals surface area contributed by atoms with Gasteiger partial charge in [-0.1, -0.05) is 24.4 Å². The summed E-state index contributed by atoms with van der Waals surface area (Å²) >= 11 is 5.90. The van der Waals surface area contributed by atoms with Crippen molar-refractivity contribution < 1.29 is 13.2 Å². The number of benzene rings is 1. The zero-order valence-electron chi connectivity index (χ0n) is 16.2. The minimum Gasteiger partial charge on any atom is -0.339 e. The van der Waals surface area contributed by atoms with Gasteiger partial charge < -0.3 is 4.90 Å². The van der Waals surface area contributed by atoms with E-state index in [2.05, 4.69) is 4.90 Å². The number of carbonyl (C=O) groups is 1. The maximum atomic E-state index is 13.3. The number of rotatable bonds is 3. The number of likely N-dealkylation sites (tertiary alicyclic amines) is 1. The summed E-state index contributed by atoms with van der Waals surface area (Å²) in [6.45, 7) is 1.60. The van der Waals surface area contributed by atoms with Crippen molar-refractivity contribution in [1.82, 2.24) is 9.21 Å². The second-order valence-corrected chi connectivity index (χ2v) is 10.8. The zero-order chi connectivity index (χ0) is 19.7. The molecule has 0 spiro atoms. The van der Waals surface area contributed by atoms with Crippen LogP contribution in [0.2, 0.25) is 5.02 Å². The Bertz CT molecular complexity index is 809. The van der Waals surface area contributed by atoms with E-state index in [0.29, 0.717) is 23.5 Å². The molecule has 7 heteroatoms. The van der Waals surface area contributed by atoms with Crippen LogP contribution in [0.25, 0.3) is 0 Å². The Hall–Kier alpha value is -1.11. The molecule has 1 saturated carbocycles. The molecule has 0 N–H and O–H groups in total. The van der Waals surface area contributed by atoms with Crippen molar-refractivity contribution in [2.24, 2.45) is 11.8 Å². The van der Waals surface area contributed by atoms with Crippen molar-refractivity contribution in [3.8, 4) is 0 Å². The lowest BCUT2D eigenvalue weighted by atomic mass is 9.77. The van der Waals surface area contributed by atoms with Crippen LogP contribution in [0.1, 0.15) is 51.4 Å². The van der Waals surface area contributed by atoms with Crippen LogP contribution >= 0.6 is 11.6 Å². The lowest BCUT2D eigenvalue weighted by Crippen LogP contribution is -2.54. The number of piperidine rings is 2. The third kappa shape index (κ3) is 3.96. The molecular weight excluding hydrogens is 396 g/mol. The van der Waals surface area contributed by atoms with Gasteiger partial charge in [0.25, 0.3) is 0 Å². The number of halogens is 1. The second kappa shape index (κ2) is 8.33. The summed E-state index contributed by atoms with van der Waals surface area (Å²) in [5.74, 6) is 0.591. The highest BCUT2D eigenvalue weighted by Crippen LogP contribution is 2.37. The van der Waals surface area contributed by atoms with Crippen LogP contribution in [0.15, 0.2) is 29.2 Å². The SMILES string of the molecule is O=C([C@@H]1CCCN(S(=O)(=O)c2ccc(Cl)cc2)C1)N1CCC[C@@H]2CCCC[C@@H]21. The monoisotopic (exact) mass is 424 g/mol. The molecule has 2 saturated heterocycles. The van der Waals surface area contributed by atoms with Crippen LogP contribution in [-0.4, -0.2) is 49.2 Å². The molecule has 3 atom stereocenters. The van der Waals surface area contributed by atoms with Crippen molar-refractivity contribution in [3.05, 3.63) is 29.3 Å². The Labute approximate surface area is 173 Å². The largest absolute Gasteiger partial charge is 0.339 e. The molecular formula is C21H29ClN2O3S. The molecule has 3 fully saturated rings. The summed E-state index contributed by atoms with van der Waals surface area (Å²) in [4.78, 5) is 15.7. The van der Waals surface area contributed by atoms with Gasteiger partial charge in [0.15, 0.2) is 0 Å². The van der Waals surface area contributed by atoms with E-state index in [4.69, 9.17) is 11.6 Å². The summed E-state index contributed by atoms with van der Waals surface area (Å²) in [5, 5.41) is 0.512. The minimum atomic E-state index is -3.60. The molecule has 3 aliphatic rings. The predicted octanol–water partition coefficient (Wildman–Crippen LogP) is 3.92. The Balaban J connectivity index is 1.48. The van der Waals surface area contributed by atoms with Crippen LogP contribution in [0.3, 0.4) is 0 Å². The molecule has 0 unspecified atom stereocenters. The van der Waals surface area contributed by atoms with Crippen LogP contribution in [0, 0.1) is 11.8 Å². The Morgan fingerprint density at radius 3 is 2.39 bits per heavy atom. The van der Waals surface area contributed by atoms with E-state index < -0.39 is 10.0 Å². The third-order valence-corrected chi connectivity index (χ3v) is 8.84. The van der Waals surface area contributed by atoms with E-state index >= 15 is 0 Å². The number of nitrogens with zero attached hydrogens (tertiary/aromatic N) is 2. The third-order valence-electron chi connectivity index (χ3n) is 6.71. The van der Waals surface area contributed by atoms with Gasteiger partial charge in [0, 0.05) is 30.7 Å². The van der Waals surface area contributed by atoms with Gasteiger partial charge in [0.1, 0.15) is 0 Å². The van der Waals surface area contributed by atoms with Crippen LogP contribution < -0.4 is 0 Å². The Morgan fingerprint density at radius 1 is 0.929 bits per heavy atom. The standard InChI is InChI=1S/C21H29ClN2O3S/c22-18-9-11-19(12-10-18)28(26,27)23-13-3-7-17(15-23)21(25)24-14-4-6-16-5-1-2-8-20(16)24/h9-12,16-17,20H,1-8,13-15H2/t16-,17+,20-/m0/s1. The van der Waals surface area contributed by atoms with Gasteiger partial charge in [-0.15, -0.1) is 0 Å². The zero-order valence-corrected chi connectivity index (χ0v) is 17.8. The van der Waals surface area contributed by atoms with Gasteiger partial charge in [0.2, 0.25) is 15.9 Å². The lowest BCUT2D eigenvalue weighted by molar-refractivity contribution is -0.143. The van der Waals surface area contributed by atoms with Gasteiger partial charge in [-0.2, -0.15) is 4.31 Å². The molecule has 1 aromatic carbocycles. The highest BCUT2D eigenvalue weighted by molar-refractivity contribution is 7.89. The maximum absolute atomic E-state index is 13.3. The summed E-state index contributed by atoms with van der Waals surface area (Å²) in [7, 11) is -3.60. The maximum Gasteiger partial charge on any atom is 0.243 e. The molecule has 5 nitrogen and oxygen atoms in total. The molecule has 2 heterocycles. The van der Waals surface area contributed by atoms with Crippen molar-refractivity contribution >= 4 is 27.5 Å². The van der Waals surface area contributed by atoms with Gasteiger partial charge >= 0.3 is 0 Å². The first-order chi connectivity index (χ1) is 13.5. The average molecular weight is 425 g/mol. The van der Waals surface area contributed by atoms with Crippen molar-refractivity contribution in [1.29, 1.82) is 0 Å². The van der Waals surface area contributed by atoms with Crippen molar-refractivity contribution in [2.75, 3.05) is 19.6 Å². The molecule has 1 aromatic rings. The van der Waals surface area contributed by atoms with Crippen molar-refractivity contribution in [3.63, 3.8) is 0 Å². The second-order valence-electron chi connectivity index (χ2n) is 8.44. The van der Waals surface area contributed by atoms with Crippen LogP contribution in [-0.2, 0) is 14.8 Å². The van der Waals surface area contributed by atoms with Gasteiger partial charge in [-0.25, -0.2) is 8.42 Å². The van der Waals surface area contributed by atoms with E-state index in [0.717, 1.165) is 32.2 Å². The fourth-order valence-corrected chi connectivity index (χ4v) is 6.90.